The second kappa shape index (κ2) is 4.49. The van der Waals surface area contributed by atoms with E-state index in [4.69, 9.17) is 5.11 Å². The van der Waals surface area contributed by atoms with Crippen molar-refractivity contribution in [1.29, 1.82) is 0 Å². The Bertz CT molecular complexity index is 640. The normalized spacial score (nSPS) is 13.5. The van der Waals surface area contributed by atoms with Gasteiger partial charge < -0.3 is 5.11 Å². The molecule has 0 saturated carbocycles. The molecule has 0 spiro atoms. The smallest absolute Gasteiger partial charge is 0.418 e. The van der Waals surface area contributed by atoms with Crippen molar-refractivity contribution >= 4 is 16.9 Å². The monoisotopic (exact) mass is 270 g/mol. The first kappa shape index (κ1) is 13.3. The van der Waals surface area contributed by atoms with Crippen LogP contribution in [0, 0.1) is 0 Å². The number of nitrogens with zero attached hydrogens (tertiary/aromatic N) is 2. The largest absolute Gasteiger partial charge is 0.481 e. The summed E-state index contributed by atoms with van der Waals surface area (Å²) in [4.78, 5) is 18.4. The second-order valence-electron chi connectivity index (χ2n) is 4.02. The minimum atomic E-state index is -4.54. The zero-order chi connectivity index (χ0) is 14.2. The molecule has 0 amide bonds. The van der Waals surface area contributed by atoms with Gasteiger partial charge in [-0.2, -0.15) is 13.2 Å². The van der Waals surface area contributed by atoms with Gasteiger partial charge >= 0.3 is 12.1 Å². The average molecular weight is 270 g/mol. The van der Waals surface area contributed by atoms with Crippen LogP contribution in [0.2, 0.25) is 0 Å². The van der Waals surface area contributed by atoms with Crippen LogP contribution in [0.3, 0.4) is 0 Å². The highest BCUT2D eigenvalue weighted by Crippen LogP contribution is 2.35. The molecule has 4 nitrogen and oxygen atoms in total. The number of para-hydroxylation sites is 1. The summed E-state index contributed by atoms with van der Waals surface area (Å²) >= 11 is 0. The fraction of sp³-hybridized carbons (Fsp3) is 0.250. The minimum Gasteiger partial charge on any atom is -0.481 e. The molecule has 0 radical (unpaired) electrons. The van der Waals surface area contributed by atoms with Gasteiger partial charge in [0, 0.05) is 5.39 Å². The topological polar surface area (TPSA) is 63.1 Å². The van der Waals surface area contributed by atoms with Crippen molar-refractivity contribution in [2.75, 3.05) is 0 Å². The van der Waals surface area contributed by atoms with E-state index in [0.29, 0.717) is 0 Å². The first-order valence-electron chi connectivity index (χ1n) is 5.36. The fourth-order valence-electron chi connectivity index (χ4n) is 1.80. The van der Waals surface area contributed by atoms with Gasteiger partial charge in [-0.15, -0.1) is 0 Å². The van der Waals surface area contributed by atoms with Crippen molar-refractivity contribution in [3.63, 3.8) is 0 Å². The van der Waals surface area contributed by atoms with Gasteiger partial charge in [0.05, 0.1) is 22.7 Å². The molecular formula is C12H9F3N2O2. The number of benzene rings is 1. The van der Waals surface area contributed by atoms with Crippen LogP contribution in [0.1, 0.15) is 24.1 Å². The predicted octanol–water partition coefficient (Wildman–Crippen LogP) is 2.84. The molecule has 0 bridgehead atoms. The van der Waals surface area contributed by atoms with Gasteiger partial charge in [0.25, 0.3) is 0 Å². The SMILES string of the molecule is CC(C(=O)O)c1ncnc2c(C(F)(F)F)cccc12. The van der Waals surface area contributed by atoms with Gasteiger partial charge in [0.2, 0.25) is 0 Å². The van der Waals surface area contributed by atoms with Crippen LogP contribution in [-0.4, -0.2) is 21.0 Å². The third kappa shape index (κ3) is 2.35. The summed E-state index contributed by atoms with van der Waals surface area (Å²) in [6, 6.07) is 3.51. The van der Waals surface area contributed by atoms with Crippen molar-refractivity contribution in [3.8, 4) is 0 Å². The van der Waals surface area contributed by atoms with E-state index in [-0.39, 0.29) is 16.6 Å². The molecule has 1 aromatic heterocycles. The summed E-state index contributed by atoms with van der Waals surface area (Å²) in [6.45, 7) is 1.37. The Morgan fingerprint density at radius 1 is 1.32 bits per heavy atom. The Labute approximate surface area is 105 Å². The molecule has 0 aliphatic heterocycles. The standard InChI is InChI=1S/C12H9F3N2O2/c1-6(11(18)19)9-7-3-2-4-8(12(13,14)15)10(7)17-5-16-9/h2-6H,1H3,(H,18,19). The lowest BCUT2D eigenvalue weighted by molar-refractivity contribution is -0.138. The molecule has 1 N–H and O–H groups in total. The Hall–Kier alpha value is -2.18. The Morgan fingerprint density at radius 3 is 2.58 bits per heavy atom. The van der Waals surface area contributed by atoms with Crippen LogP contribution in [-0.2, 0) is 11.0 Å². The Balaban J connectivity index is 2.75. The first-order valence-corrected chi connectivity index (χ1v) is 5.36. The molecule has 1 aromatic carbocycles. The number of fused-ring (bicyclic) bond motifs is 1. The summed E-state index contributed by atoms with van der Waals surface area (Å²) in [5.74, 6) is -2.16. The molecule has 2 rings (SSSR count). The lowest BCUT2D eigenvalue weighted by atomic mass is 10.0. The van der Waals surface area contributed by atoms with Crippen molar-refractivity contribution in [2.45, 2.75) is 19.0 Å². The third-order valence-corrected chi connectivity index (χ3v) is 2.78. The summed E-state index contributed by atoms with van der Waals surface area (Å²) in [5, 5.41) is 9.05. The Morgan fingerprint density at radius 2 is 2.00 bits per heavy atom. The summed E-state index contributed by atoms with van der Waals surface area (Å²) < 4.78 is 38.5. The highest BCUT2D eigenvalue weighted by atomic mass is 19.4. The van der Waals surface area contributed by atoms with E-state index in [1.807, 2.05) is 0 Å². The number of hydrogen-bond donors (Lipinski definition) is 1. The molecule has 1 unspecified atom stereocenters. The van der Waals surface area contributed by atoms with Crippen LogP contribution in [0.15, 0.2) is 24.5 Å². The van der Waals surface area contributed by atoms with Gasteiger partial charge in [-0.1, -0.05) is 12.1 Å². The molecule has 1 heterocycles. The van der Waals surface area contributed by atoms with E-state index in [2.05, 4.69) is 9.97 Å². The maximum absolute atomic E-state index is 12.8. The molecule has 100 valence electrons. The Kier molecular flexibility index (Phi) is 3.13. The van der Waals surface area contributed by atoms with Crippen LogP contribution in [0.4, 0.5) is 13.2 Å². The van der Waals surface area contributed by atoms with E-state index in [9.17, 15) is 18.0 Å². The van der Waals surface area contributed by atoms with Crippen LogP contribution < -0.4 is 0 Å². The lowest BCUT2D eigenvalue weighted by Crippen LogP contribution is -2.12. The van der Waals surface area contributed by atoms with E-state index < -0.39 is 23.6 Å². The number of hydrogen-bond acceptors (Lipinski definition) is 3. The van der Waals surface area contributed by atoms with Crippen molar-refractivity contribution in [3.05, 3.63) is 35.8 Å². The molecule has 19 heavy (non-hydrogen) atoms. The molecule has 0 fully saturated rings. The van der Waals surface area contributed by atoms with E-state index in [0.717, 1.165) is 12.4 Å². The quantitative estimate of drug-likeness (QED) is 0.911. The molecule has 7 heteroatoms. The third-order valence-electron chi connectivity index (χ3n) is 2.78. The molecule has 2 aromatic rings. The molecule has 1 atom stereocenters. The maximum atomic E-state index is 12.8. The summed E-state index contributed by atoms with van der Waals surface area (Å²) in [5.41, 5.74) is -1.11. The average Bonchev–Trinajstić information content (AvgIpc) is 2.35. The van der Waals surface area contributed by atoms with Crippen LogP contribution in [0.5, 0.6) is 0 Å². The van der Waals surface area contributed by atoms with Crippen LogP contribution >= 0.6 is 0 Å². The lowest BCUT2D eigenvalue weighted by Gasteiger charge is -2.12. The summed E-state index contributed by atoms with van der Waals surface area (Å²) in [6.07, 6.45) is -3.59. The van der Waals surface area contributed by atoms with Gasteiger partial charge in [0.15, 0.2) is 0 Å². The van der Waals surface area contributed by atoms with Crippen molar-refractivity contribution < 1.29 is 23.1 Å². The minimum absolute atomic E-state index is 0.0728. The first-order chi connectivity index (χ1) is 8.82. The zero-order valence-corrected chi connectivity index (χ0v) is 9.77. The van der Waals surface area contributed by atoms with Gasteiger partial charge in [0.1, 0.15) is 6.33 Å². The number of alkyl halides is 3. The van der Waals surface area contributed by atoms with Crippen LogP contribution in [0.25, 0.3) is 10.9 Å². The molecule has 0 saturated heterocycles. The number of carboxylic acids is 1. The van der Waals surface area contributed by atoms with Crippen molar-refractivity contribution in [1.82, 2.24) is 9.97 Å². The number of halogens is 3. The van der Waals surface area contributed by atoms with Crippen molar-refractivity contribution in [2.24, 2.45) is 0 Å². The highest BCUT2D eigenvalue weighted by molar-refractivity contribution is 5.88. The second-order valence-corrected chi connectivity index (χ2v) is 4.02. The fourth-order valence-corrected chi connectivity index (χ4v) is 1.80. The van der Waals surface area contributed by atoms with Gasteiger partial charge in [-0.25, -0.2) is 9.97 Å². The predicted molar refractivity (Wildman–Crippen MR) is 60.6 cm³/mol. The van der Waals surface area contributed by atoms with Gasteiger partial charge in [-0.05, 0) is 13.0 Å². The maximum Gasteiger partial charge on any atom is 0.418 e. The molecule has 0 aliphatic carbocycles. The number of aromatic nitrogens is 2. The molecule has 0 aliphatic rings. The van der Waals surface area contributed by atoms with E-state index in [1.165, 1.54) is 19.1 Å². The highest BCUT2D eigenvalue weighted by Gasteiger charge is 2.34. The van der Waals surface area contributed by atoms with E-state index >= 15 is 0 Å². The summed E-state index contributed by atoms with van der Waals surface area (Å²) in [7, 11) is 0. The zero-order valence-electron chi connectivity index (χ0n) is 9.77. The molecular weight excluding hydrogens is 261 g/mol. The number of carbonyl (C=O) groups is 1. The van der Waals surface area contributed by atoms with Gasteiger partial charge in [-0.3, -0.25) is 4.79 Å². The number of aliphatic carboxylic acids is 1. The van der Waals surface area contributed by atoms with E-state index in [1.54, 1.807) is 0 Å². The number of rotatable bonds is 2. The number of carboxylic acid groups (broad SMARTS) is 1.